The van der Waals surface area contributed by atoms with Crippen LogP contribution in [-0.2, 0) is 0 Å². The molecule has 2 saturated heterocycles. The molecule has 2 aliphatic rings. The fourth-order valence-electron chi connectivity index (χ4n) is 4.04. The number of amides is 1. The molecule has 4 heterocycles. The number of anilines is 2. The Labute approximate surface area is 195 Å². The molecule has 8 nitrogen and oxygen atoms in total. The Morgan fingerprint density at radius 2 is 2.00 bits per heavy atom. The number of carbonyl (C=O) groups excluding carboxylic acids is 1. The van der Waals surface area contributed by atoms with Crippen LogP contribution in [0.2, 0.25) is 0 Å². The Morgan fingerprint density at radius 1 is 1.25 bits per heavy atom. The van der Waals surface area contributed by atoms with Gasteiger partial charge in [0.25, 0.3) is 5.91 Å². The molecule has 2 fully saturated rings. The normalized spacial score (nSPS) is 17.6. The molecule has 3 N–H and O–H groups in total. The Morgan fingerprint density at radius 3 is 2.69 bits per heavy atom. The van der Waals surface area contributed by atoms with Gasteiger partial charge in [0.05, 0.1) is 10.2 Å². The van der Waals surface area contributed by atoms with Crippen LogP contribution in [-0.4, -0.2) is 71.3 Å². The van der Waals surface area contributed by atoms with Gasteiger partial charge in [-0.15, -0.1) is 11.8 Å². The number of thioether (sulfide) groups is 1. The third-order valence-electron chi connectivity index (χ3n) is 6.05. The second-order valence-corrected chi connectivity index (χ2v) is 10.7. The first kappa shape index (κ1) is 21.4. The number of likely N-dealkylation sites (tertiary alicyclic amines) is 1. The predicted octanol–water partition coefficient (Wildman–Crippen LogP) is 3.01. The van der Waals surface area contributed by atoms with E-state index >= 15 is 0 Å². The molecule has 0 bridgehead atoms. The van der Waals surface area contributed by atoms with Gasteiger partial charge in [-0.25, -0.2) is 15.0 Å². The number of fused-ring (bicyclic) bond motifs is 1. The highest BCUT2D eigenvalue weighted by molar-refractivity contribution is 7.98. The molecule has 2 aromatic heterocycles. The van der Waals surface area contributed by atoms with Crippen LogP contribution in [0.25, 0.3) is 10.2 Å². The van der Waals surface area contributed by atoms with E-state index in [4.69, 9.17) is 0 Å². The van der Waals surface area contributed by atoms with Crippen molar-refractivity contribution < 1.29 is 4.79 Å². The molecule has 0 saturated carbocycles. The summed E-state index contributed by atoms with van der Waals surface area (Å²) in [5.74, 6) is 1.14. The lowest BCUT2D eigenvalue weighted by molar-refractivity contribution is -0.0248. The third kappa shape index (κ3) is 4.39. The SMILES string of the molecule is CSc1cnc(NC[C@H](C)CNc2nc3ccc(C(=O)N4CC5(CNC5)C4)cc3s2)nc1. The number of nitrogens with one attached hydrogen (secondary N) is 3. The van der Waals surface area contributed by atoms with Crippen LogP contribution >= 0.6 is 23.1 Å². The van der Waals surface area contributed by atoms with Crippen LogP contribution < -0.4 is 16.0 Å². The molecule has 1 aromatic carbocycles. The van der Waals surface area contributed by atoms with Crippen LogP contribution in [0.5, 0.6) is 0 Å². The standard InChI is InChI=1S/C22H27N7OS2/c1-14(6-24-20-25-8-16(31-2)9-26-20)7-27-21-28-17-4-3-15(5-18(17)32-21)19(30)29-12-22(13-29)10-23-11-22/h3-5,8-9,14,23H,6-7,10-13H2,1-2H3,(H,27,28)(H,24,25,26)/t14-/m0/s1. The molecule has 168 valence electrons. The van der Waals surface area contributed by atoms with Gasteiger partial charge in [-0.05, 0) is 30.4 Å². The first-order valence-electron chi connectivity index (χ1n) is 10.8. The van der Waals surface area contributed by atoms with Gasteiger partial charge in [-0.3, -0.25) is 4.79 Å². The fourth-order valence-corrected chi connectivity index (χ4v) is 5.27. The number of hydrogen-bond acceptors (Lipinski definition) is 9. The minimum Gasteiger partial charge on any atom is -0.361 e. The van der Waals surface area contributed by atoms with Crippen LogP contribution in [0, 0.1) is 11.3 Å². The van der Waals surface area contributed by atoms with Crippen molar-refractivity contribution in [3.63, 3.8) is 0 Å². The van der Waals surface area contributed by atoms with Crippen molar-refractivity contribution in [2.45, 2.75) is 11.8 Å². The van der Waals surface area contributed by atoms with Crippen molar-refractivity contribution in [3.8, 4) is 0 Å². The maximum atomic E-state index is 12.8. The molecule has 5 rings (SSSR count). The first-order chi connectivity index (χ1) is 15.5. The fraction of sp³-hybridized carbons (Fsp3) is 0.455. The minimum absolute atomic E-state index is 0.125. The summed E-state index contributed by atoms with van der Waals surface area (Å²) in [7, 11) is 0. The number of carbonyl (C=O) groups is 1. The molecule has 0 unspecified atom stereocenters. The van der Waals surface area contributed by atoms with E-state index in [9.17, 15) is 4.79 Å². The molecule has 2 aliphatic heterocycles. The zero-order valence-corrected chi connectivity index (χ0v) is 19.9. The van der Waals surface area contributed by atoms with Gasteiger partial charge in [0.2, 0.25) is 5.95 Å². The van der Waals surface area contributed by atoms with Gasteiger partial charge in [-0.2, -0.15) is 0 Å². The van der Waals surface area contributed by atoms with Crippen molar-refractivity contribution >= 4 is 50.3 Å². The Kier molecular flexibility index (Phi) is 5.92. The highest BCUT2D eigenvalue weighted by Crippen LogP contribution is 2.35. The summed E-state index contributed by atoms with van der Waals surface area (Å²) in [5, 5.41) is 10.9. The Balaban J connectivity index is 1.14. The van der Waals surface area contributed by atoms with Gasteiger partial charge >= 0.3 is 0 Å². The summed E-state index contributed by atoms with van der Waals surface area (Å²) >= 11 is 3.22. The van der Waals surface area contributed by atoms with E-state index in [1.54, 1.807) is 23.1 Å². The molecular weight excluding hydrogens is 442 g/mol. The summed E-state index contributed by atoms with van der Waals surface area (Å²) in [6.07, 6.45) is 5.66. The second kappa shape index (κ2) is 8.84. The predicted molar refractivity (Wildman–Crippen MR) is 131 cm³/mol. The molecule has 10 heteroatoms. The van der Waals surface area contributed by atoms with Crippen molar-refractivity contribution in [2.24, 2.45) is 11.3 Å². The highest BCUT2D eigenvalue weighted by Gasteiger charge is 2.49. The average molecular weight is 470 g/mol. The van der Waals surface area contributed by atoms with Gasteiger partial charge in [-0.1, -0.05) is 18.3 Å². The van der Waals surface area contributed by atoms with E-state index in [1.165, 1.54) is 0 Å². The van der Waals surface area contributed by atoms with E-state index in [-0.39, 0.29) is 5.91 Å². The Hall–Kier alpha value is -2.43. The van der Waals surface area contributed by atoms with E-state index < -0.39 is 0 Å². The largest absolute Gasteiger partial charge is 0.361 e. The topological polar surface area (TPSA) is 95.1 Å². The number of aromatic nitrogens is 3. The molecule has 3 aromatic rings. The van der Waals surface area contributed by atoms with Crippen LogP contribution in [0.4, 0.5) is 11.1 Å². The lowest BCUT2D eigenvalue weighted by atomic mass is 9.74. The van der Waals surface area contributed by atoms with Crippen LogP contribution in [0.1, 0.15) is 17.3 Å². The summed E-state index contributed by atoms with van der Waals surface area (Å²) in [5.41, 5.74) is 2.02. The summed E-state index contributed by atoms with van der Waals surface area (Å²) in [4.78, 5) is 29.1. The number of nitrogens with zero attached hydrogens (tertiary/aromatic N) is 4. The van der Waals surface area contributed by atoms with Crippen molar-refractivity contribution in [2.75, 3.05) is 56.2 Å². The number of benzene rings is 1. The average Bonchev–Trinajstić information content (AvgIpc) is 3.16. The molecule has 0 radical (unpaired) electrons. The zero-order valence-electron chi connectivity index (χ0n) is 18.2. The monoisotopic (exact) mass is 469 g/mol. The lowest BCUT2D eigenvalue weighted by Gasteiger charge is -2.56. The summed E-state index contributed by atoms with van der Waals surface area (Å²) in [6, 6.07) is 5.82. The van der Waals surface area contributed by atoms with Crippen LogP contribution in [0.15, 0.2) is 35.5 Å². The van der Waals surface area contributed by atoms with E-state index in [2.05, 4.69) is 37.8 Å². The van der Waals surface area contributed by atoms with Crippen molar-refractivity contribution in [1.29, 1.82) is 0 Å². The molecular formula is C22H27N7OS2. The lowest BCUT2D eigenvalue weighted by Crippen LogP contribution is -2.71. The smallest absolute Gasteiger partial charge is 0.253 e. The molecule has 1 amide bonds. The van der Waals surface area contributed by atoms with E-state index in [0.29, 0.717) is 17.3 Å². The third-order valence-corrected chi connectivity index (χ3v) is 7.71. The maximum Gasteiger partial charge on any atom is 0.253 e. The van der Waals surface area contributed by atoms with Crippen molar-refractivity contribution in [1.82, 2.24) is 25.2 Å². The quantitative estimate of drug-likeness (QED) is 0.434. The summed E-state index contributed by atoms with van der Waals surface area (Å²) in [6.45, 7) is 7.51. The molecule has 32 heavy (non-hydrogen) atoms. The Bertz CT molecular complexity index is 1110. The second-order valence-electron chi connectivity index (χ2n) is 8.78. The molecule has 0 aliphatic carbocycles. The molecule has 1 spiro atoms. The van der Waals surface area contributed by atoms with Crippen molar-refractivity contribution in [3.05, 3.63) is 36.2 Å². The number of rotatable bonds is 8. The number of thiazole rings is 1. The van der Waals surface area contributed by atoms with E-state index in [0.717, 1.165) is 65.1 Å². The van der Waals surface area contributed by atoms with Gasteiger partial charge in [0.1, 0.15) is 0 Å². The van der Waals surface area contributed by atoms with Gasteiger partial charge in [0, 0.05) is 67.5 Å². The summed E-state index contributed by atoms with van der Waals surface area (Å²) < 4.78 is 1.03. The zero-order chi connectivity index (χ0) is 22.1. The minimum atomic E-state index is 0.125. The highest BCUT2D eigenvalue weighted by atomic mass is 32.2. The molecule has 1 atom stereocenters. The van der Waals surface area contributed by atoms with Gasteiger partial charge < -0.3 is 20.9 Å². The van der Waals surface area contributed by atoms with E-state index in [1.807, 2.05) is 41.7 Å². The van der Waals surface area contributed by atoms with Gasteiger partial charge in [0.15, 0.2) is 5.13 Å². The van der Waals surface area contributed by atoms with Crippen LogP contribution in [0.3, 0.4) is 0 Å². The maximum absolute atomic E-state index is 12.8. The first-order valence-corrected chi connectivity index (χ1v) is 12.8. The number of hydrogen-bond donors (Lipinski definition) is 3.